The van der Waals surface area contributed by atoms with Crippen LogP contribution in [0, 0.1) is 0 Å². The molecule has 0 aliphatic heterocycles. The zero-order chi connectivity index (χ0) is 31.7. The number of benzene rings is 2. The van der Waals surface area contributed by atoms with Crippen LogP contribution in [0.15, 0.2) is 90.0 Å². The third-order valence-corrected chi connectivity index (χ3v) is 10.2. The molecule has 0 spiro atoms. The van der Waals surface area contributed by atoms with Crippen LogP contribution >= 0.6 is 0 Å². The molecule has 0 radical (unpaired) electrons. The fourth-order valence-corrected chi connectivity index (χ4v) is 6.75. The Balaban J connectivity index is 1.36. The predicted octanol–water partition coefficient (Wildman–Crippen LogP) is 8.11. The molecule has 0 saturated heterocycles. The van der Waals surface area contributed by atoms with Crippen molar-refractivity contribution in [3.8, 4) is 22.4 Å². The van der Waals surface area contributed by atoms with Crippen LogP contribution in [0.25, 0.3) is 44.5 Å². The first-order valence-corrected chi connectivity index (χ1v) is 19.7. The molecule has 1 aliphatic rings. The number of hydrogen-bond acceptors (Lipinski definition) is 6. The van der Waals surface area contributed by atoms with Gasteiger partial charge in [-0.3, -0.25) is 14.9 Å². The molecular formula is C36H39N7O2Si. The number of fused-ring (bicyclic) bond motifs is 2. The van der Waals surface area contributed by atoms with Gasteiger partial charge in [-0.15, -0.1) is 0 Å². The second kappa shape index (κ2) is 12.5. The summed E-state index contributed by atoms with van der Waals surface area (Å²) in [5.74, 6) is 1.04. The summed E-state index contributed by atoms with van der Waals surface area (Å²) in [6, 6.07) is 22.9. The summed E-state index contributed by atoms with van der Waals surface area (Å²) in [6.07, 6.45) is 10.2. The highest BCUT2D eigenvalue weighted by atomic mass is 28.3. The van der Waals surface area contributed by atoms with Gasteiger partial charge in [-0.05, 0) is 61.1 Å². The Morgan fingerprint density at radius 3 is 2.65 bits per heavy atom. The number of aromatic nitrogens is 6. The second-order valence-corrected chi connectivity index (χ2v) is 18.7. The summed E-state index contributed by atoms with van der Waals surface area (Å²) in [7, 11) is -1.18. The average molecular weight is 630 g/mol. The third kappa shape index (κ3) is 6.18. The number of rotatable bonds is 10. The topological polar surface area (TPSA) is 102 Å². The molecule has 234 valence electrons. The van der Waals surface area contributed by atoms with Gasteiger partial charge in [-0.2, -0.15) is 9.61 Å². The minimum atomic E-state index is -1.18. The third-order valence-electron chi connectivity index (χ3n) is 8.45. The molecule has 2 aromatic carbocycles. The molecule has 4 aromatic heterocycles. The van der Waals surface area contributed by atoms with Crippen molar-refractivity contribution in [1.29, 1.82) is 0 Å². The van der Waals surface area contributed by atoms with Gasteiger partial charge in [0.25, 0.3) is 5.56 Å². The van der Waals surface area contributed by atoms with Crippen LogP contribution in [0.5, 0.6) is 0 Å². The van der Waals surface area contributed by atoms with Crippen molar-refractivity contribution in [2.24, 2.45) is 0 Å². The van der Waals surface area contributed by atoms with Crippen molar-refractivity contribution < 1.29 is 4.74 Å². The molecule has 7 rings (SSSR count). The number of H-pyrrole nitrogens is 1. The molecule has 0 bridgehead atoms. The number of anilines is 2. The van der Waals surface area contributed by atoms with Crippen LogP contribution in [-0.4, -0.2) is 44.0 Å². The lowest BCUT2D eigenvalue weighted by atomic mass is 9.92. The molecule has 9 nitrogen and oxygen atoms in total. The van der Waals surface area contributed by atoms with Crippen molar-refractivity contribution >= 4 is 41.8 Å². The van der Waals surface area contributed by atoms with E-state index in [4.69, 9.17) is 14.8 Å². The predicted molar refractivity (Wildman–Crippen MR) is 188 cm³/mol. The molecule has 46 heavy (non-hydrogen) atoms. The van der Waals surface area contributed by atoms with Crippen molar-refractivity contribution in [1.82, 2.24) is 29.4 Å². The summed E-state index contributed by atoms with van der Waals surface area (Å²) < 4.78 is 9.29. The normalized spacial score (nSPS) is 13.8. The van der Waals surface area contributed by atoms with E-state index in [-0.39, 0.29) is 5.56 Å². The van der Waals surface area contributed by atoms with Crippen molar-refractivity contribution in [2.45, 2.75) is 58.1 Å². The highest BCUT2D eigenvalue weighted by molar-refractivity contribution is 6.76. The lowest BCUT2D eigenvalue weighted by Gasteiger charge is -2.15. The van der Waals surface area contributed by atoms with Gasteiger partial charge in [-0.25, -0.2) is 9.67 Å². The molecular weight excluding hydrogens is 591 g/mol. The standard InChI is InChI=1S/C36H39N7O2Si/c1-46(2,3)22-21-45-24-42-20-18-30(40-42)38-34-32(28-16-17-29-27(23-28)15-10-19-37-29)36(44)43-35(39-34)31(25-11-6-4-7-12-25)33(41-43)26-13-8-5-9-14-26/h5,8-11,13-20,23,41H,4,6-7,12,21-22,24H2,1-3H3,(H,38,40). The van der Waals surface area contributed by atoms with Crippen LogP contribution in [0.3, 0.4) is 0 Å². The van der Waals surface area contributed by atoms with Crippen molar-refractivity contribution in [3.05, 3.63) is 101 Å². The summed E-state index contributed by atoms with van der Waals surface area (Å²) in [5, 5.41) is 12.5. The summed E-state index contributed by atoms with van der Waals surface area (Å²) >= 11 is 0. The van der Waals surface area contributed by atoms with Crippen LogP contribution in [0.1, 0.15) is 31.2 Å². The first-order chi connectivity index (χ1) is 22.3. The Morgan fingerprint density at radius 1 is 0.978 bits per heavy atom. The molecule has 0 amide bonds. The highest BCUT2D eigenvalue weighted by Crippen LogP contribution is 2.37. The maximum Gasteiger partial charge on any atom is 0.282 e. The molecule has 10 heteroatoms. The van der Waals surface area contributed by atoms with Gasteiger partial charge >= 0.3 is 0 Å². The van der Waals surface area contributed by atoms with E-state index in [0.29, 0.717) is 36.2 Å². The molecule has 4 heterocycles. The molecule has 0 atom stereocenters. The lowest BCUT2D eigenvalue weighted by Crippen LogP contribution is -2.22. The Bertz CT molecular complexity index is 2100. The Kier molecular flexibility index (Phi) is 8.14. The monoisotopic (exact) mass is 629 g/mol. The minimum absolute atomic E-state index is 0.190. The Hall–Kier alpha value is -4.80. The molecule has 2 N–H and O–H groups in total. The van der Waals surface area contributed by atoms with E-state index in [1.54, 1.807) is 15.4 Å². The number of nitrogens with zero attached hydrogens (tertiary/aromatic N) is 5. The minimum Gasteiger partial charge on any atom is -0.360 e. The summed E-state index contributed by atoms with van der Waals surface area (Å²) in [6.45, 7) is 8.09. The van der Waals surface area contributed by atoms with Crippen LogP contribution in [0.4, 0.5) is 11.6 Å². The van der Waals surface area contributed by atoms with E-state index in [2.05, 4.69) is 53.2 Å². The van der Waals surface area contributed by atoms with Crippen LogP contribution < -0.4 is 10.9 Å². The number of aromatic amines is 1. The first-order valence-electron chi connectivity index (χ1n) is 16.0. The van der Waals surface area contributed by atoms with Gasteiger partial charge in [-0.1, -0.05) is 68.2 Å². The average Bonchev–Trinajstić information content (AvgIpc) is 3.68. The number of hydrogen-bond donors (Lipinski definition) is 2. The van der Waals surface area contributed by atoms with E-state index >= 15 is 0 Å². The van der Waals surface area contributed by atoms with Gasteiger partial charge in [0, 0.05) is 49.7 Å². The van der Waals surface area contributed by atoms with E-state index < -0.39 is 8.07 Å². The molecule has 1 aliphatic carbocycles. The molecule has 0 fully saturated rings. The van der Waals surface area contributed by atoms with Gasteiger partial charge in [0.2, 0.25) is 0 Å². The van der Waals surface area contributed by atoms with Crippen LogP contribution in [-0.2, 0) is 11.5 Å². The number of nitrogens with one attached hydrogen (secondary N) is 2. The van der Waals surface area contributed by atoms with E-state index in [9.17, 15) is 4.79 Å². The molecule has 0 saturated carbocycles. The van der Waals surface area contributed by atoms with Crippen molar-refractivity contribution in [2.75, 3.05) is 11.9 Å². The SMILES string of the molecule is C[Si](C)(C)CCOCn1ccc(Nc2nc3c(C4=CCCCC4)c(-c4ccccc4)[nH]n3c(=O)c2-c2ccc3ncccc3c2)n1. The second-order valence-electron chi connectivity index (χ2n) is 13.1. The highest BCUT2D eigenvalue weighted by Gasteiger charge is 2.25. The van der Waals surface area contributed by atoms with Gasteiger partial charge in [0.05, 0.1) is 16.8 Å². The lowest BCUT2D eigenvalue weighted by molar-refractivity contribution is 0.0788. The van der Waals surface area contributed by atoms with E-state index in [1.807, 2.05) is 60.8 Å². The van der Waals surface area contributed by atoms with E-state index in [0.717, 1.165) is 65.0 Å². The molecule has 0 unspecified atom stereocenters. The van der Waals surface area contributed by atoms with Gasteiger partial charge in [0.1, 0.15) is 12.5 Å². The maximum absolute atomic E-state index is 14.6. The Morgan fingerprint density at radius 2 is 1.85 bits per heavy atom. The zero-order valence-corrected chi connectivity index (χ0v) is 27.6. The Labute approximate surface area is 269 Å². The summed E-state index contributed by atoms with van der Waals surface area (Å²) in [5.41, 5.74) is 6.56. The first kappa shape index (κ1) is 29.9. The van der Waals surface area contributed by atoms with Crippen molar-refractivity contribution in [3.63, 3.8) is 0 Å². The largest absolute Gasteiger partial charge is 0.360 e. The van der Waals surface area contributed by atoms with Gasteiger partial charge < -0.3 is 10.1 Å². The molecule has 6 aromatic rings. The van der Waals surface area contributed by atoms with Crippen LogP contribution in [0.2, 0.25) is 25.7 Å². The van der Waals surface area contributed by atoms with Gasteiger partial charge in [0.15, 0.2) is 11.5 Å². The number of ether oxygens (including phenoxy) is 1. The fourth-order valence-electron chi connectivity index (χ4n) is 5.99. The fraction of sp³-hybridized carbons (Fsp3) is 0.278. The van der Waals surface area contributed by atoms with E-state index in [1.165, 1.54) is 5.57 Å². The maximum atomic E-state index is 14.6. The number of pyridine rings is 1. The number of allylic oxidation sites excluding steroid dienone is 2. The quantitative estimate of drug-likeness (QED) is 0.117. The summed E-state index contributed by atoms with van der Waals surface area (Å²) in [4.78, 5) is 24.3. The smallest absolute Gasteiger partial charge is 0.282 e. The zero-order valence-electron chi connectivity index (χ0n) is 26.6.